The summed E-state index contributed by atoms with van der Waals surface area (Å²) in [5.74, 6) is -0.290. The molecule has 0 heterocycles. The zero-order valence-electron chi connectivity index (χ0n) is 9.21. The maximum atomic E-state index is 11.4. The Balaban J connectivity index is 0. The van der Waals surface area contributed by atoms with Crippen molar-refractivity contribution in [2.24, 2.45) is 0 Å². The van der Waals surface area contributed by atoms with Crippen molar-refractivity contribution in [1.82, 2.24) is 0 Å². The molecule has 0 fully saturated rings. The van der Waals surface area contributed by atoms with Gasteiger partial charge in [-0.3, -0.25) is 0 Å². The molecule has 15 heavy (non-hydrogen) atoms. The Morgan fingerprint density at radius 3 is 2.13 bits per heavy atom. The molecule has 0 amide bonds. The average molecular weight is 281 g/mol. The van der Waals surface area contributed by atoms with Crippen LogP contribution in [0.4, 0.5) is 0 Å². The molecule has 0 aliphatic rings. The molecule has 0 unspecified atom stereocenters. The summed E-state index contributed by atoms with van der Waals surface area (Å²) in [4.78, 5) is 11.4. The molecule has 0 N–H and O–H groups in total. The van der Waals surface area contributed by atoms with Crippen molar-refractivity contribution in [2.75, 3.05) is 0 Å². The number of carbonyl (C=O) groups excluding carboxylic acids is 1. The van der Waals surface area contributed by atoms with Crippen LogP contribution in [-0.2, 0) is 4.74 Å². The van der Waals surface area contributed by atoms with E-state index in [9.17, 15) is 4.79 Å². The normalized spacial score (nSPS) is 9.53. The number of hydrogen-bond acceptors (Lipinski definition) is 2. The fourth-order valence-electron chi connectivity index (χ4n) is 0.860. The van der Waals surface area contributed by atoms with E-state index >= 15 is 0 Å². The van der Waals surface area contributed by atoms with E-state index in [1.165, 1.54) is 0 Å². The van der Waals surface area contributed by atoms with Crippen LogP contribution in [0.3, 0.4) is 0 Å². The molecule has 0 radical (unpaired) electrons. The number of esters is 1. The maximum absolute atomic E-state index is 11.4. The minimum absolute atomic E-state index is 0. The summed E-state index contributed by atoms with van der Waals surface area (Å²) in [5.41, 5.74) is 0.130. The molecule has 0 aromatic heterocycles. The molecule has 0 atom stereocenters. The van der Waals surface area contributed by atoms with Gasteiger partial charge in [-0.05, 0) is 26.3 Å². The van der Waals surface area contributed by atoms with E-state index in [2.05, 4.69) is 6.07 Å². The van der Waals surface area contributed by atoms with E-state index in [1.807, 2.05) is 20.8 Å². The first kappa shape index (κ1) is 17.3. The van der Waals surface area contributed by atoms with E-state index in [4.69, 9.17) is 4.74 Å². The molecule has 0 aliphatic carbocycles. The number of benzene rings is 1. The van der Waals surface area contributed by atoms with Gasteiger partial charge in [0, 0.05) is 0 Å². The number of hydrogen-bond donors (Lipinski definition) is 0. The van der Waals surface area contributed by atoms with Gasteiger partial charge in [0.2, 0.25) is 0 Å². The van der Waals surface area contributed by atoms with Crippen LogP contribution >= 0.6 is 0 Å². The topological polar surface area (TPSA) is 26.3 Å². The van der Waals surface area contributed by atoms with Gasteiger partial charge in [-0.15, -0.1) is 0 Å². The van der Waals surface area contributed by atoms with E-state index in [-0.39, 0.29) is 46.0 Å². The zero-order chi connectivity index (χ0) is 9.90. The van der Waals surface area contributed by atoms with Gasteiger partial charge in [0.1, 0.15) is 5.60 Å². The zero-order valence-corrected chi connectivity index (χ0v) is 12.2. The maximum Gasteiger partial charge on any atom is 2.00 e. The first-order valence-electron chi connectivity index (χ1n) is 4.18. The van der Waals surface area contributed by atoms with Crippen LogP contribution in [0.25, 0.3) is 0 Å². The van der Waals surface area contributed by atoms with Crippen molar-refractivity contribution in [3.05, 3.63) is 35.9 Å². The van der Waals surface area contributed by atoms with E-state index in [0.717, 1.165) is 0 Å². The molecule has 0 saturated heterocycles. The van der Waals surface area contributed by atoms with Gasteiger partial charge >= 0.3 is 29.0 Å². The summed E-state index contributed by atoms with van der Waals surface area (Å²) in [6, 6.07) is 9.61. The van der Waals surface area contributed by atoms with E-state index in [1.54, 1.807) is 24.3 Å². The van der Waals surface area contributed by atoms with Crippen molar-refractivity contribution in [2.45, 2.75) is 26.4 Å². The Morgan fingerprint density at radius 1 is 1.27 bits per heavy atom. The minimum Gasteiger partial charge on any atom is -1.00 e. The Bertz CT molecular complexity index is 293. The number of rotatable bonds is 1. The molecule has 1 rings (SSSR count). The second-order valence-electron chi connectivity index (χ2n) is 3.79. The van der Waals surface area contributed by atoms with Gasteiger partial charge in [0.15, 0.2) is 0 Å². The first-order valence-corrected chi connectivity index (χ1v) is 4.18. The third-order valence-electron chi connectivity index (χ3n) is 1.35. The molecular formula is C11H13BrMgO2. The molecule has 0 bridgehead atoms. The fraction of sp³-hybridized carbons (Fsp3) is 0.364. The Hall–Kier alpha value is -0.0638. The summed E-state index contributed by atoms with van der Waals surface area (Å²) in [6.07, 6.45) is 0. The van der Waals surface area contributed by atoms with Gasteiger partial charge in [0.25, 0.3) is 0 Å². The summed E-state index contributed by atoms with van der Waals surface area (Å²) in [6.45, 7) is 5.54. The van der Waals surface area contributed by atoms with Gasteiger partial charge in [-0.25, -0.2) is 4.79 Å². The van der Waals surface area contributed by atoms with Crippen LogP contribution in [0, 0.1) is 6.07 Å². The quantitative estimate of drug-likeness (QED) is 0.377. The molecule has 2 nitrogen and oxygen atoms in total. The largest absolute Gasteiger partial charge is 2.00 e. The number of carbonyl (C=O) groups is 1. The molecule has 0 spiro atoms. The first-order chi connectivity index (χ1) is 5.99. The van der Waals surface area contributed by atoms with Crippen LogP contribution in [0.2, 0.25) is 0 Å². The van der Waals surface area contributed by atoms with Crippen LogP contribution in [-0.4, -0.2) is 34.6 Å². The molecule has 0 saturated carbocycles. The predicted molar refractivity (Wildman–Crippen MR) is 56.2 cm³/mol. The Labute approximate surface area is 117 Å². The van der Waals surface area contributed by atoms with Gasteiger partial charge in [0.05, 0.1) is 0 Å². The van der Waals surface area contributed by atoms with Crippen LogP contribution in [0.5, 0.6) is 0 Å². The van der Waals surface area contributed by atoms with Gasteiger partial charge in [-0.1, -0.05) is 0 Å². The van der Waals surface area contributed by atoms with Crippen molar-refractivity contribution in [1.29, 1.82) is 0 Å². The van der Waals surface area contributed by atoms with Crippen LogP contribution in [0.1, 0.15) is 31.1 Å². The Kier molecular flexibility index (Phi) is 8.38. The van der Waals surface area contributed by atoms with E-state index in [0.29, 0.717) is 5.56 Å². The van der Waals surface area contributed by atoms with Crippen molar-refractivity contribution in [3.8, 4) is 0 Å². The molecule has 1 aromatic carbocycles. The van der Waals surface area contributed by atoms with Gasteiger partial charge in [-0.2, -0.15) is 30.3 Å². The third kappa shape index (κ3) is 6.92. The average Bonchev–Trinajstić information content (AvgIpc) is 2.03. The van der Waals surface area contributed by atoms with E-state index < -0.39 is 5.60 Å². The number of halogens is 1. The predicted octanol–water partition coefficient (Wildman–Crippen LogP) is -0.935. The van der Waals surface area contributed by atoms with Crippen LogP contribution in [0.15, 0.2) is 24.3 Å². The van der Waals surface area contributed by atoms with Crippen molar-refractivity contribution >= 4 is 29.0 Å². The summed E-state index contributed by atoms with van der Waals surface area (Å²) in [5, 5.41) is 0. The summed E-state index contributed by atoms with van der Waals surface area (Å²) in [7, 11) is 0. The third-order valence-corrected chi connectivity index (χ3v) is 1.35. The Morgan fingerprint density at radius 2 is 1.73 bits per heavy atom. The monoisotopic (exact) mass is 280 g/mol. The molecular weight excluding hydrogens is 268 g/mol. The fourth-order valence-corrected chi connectivity index (χ4v) is 0.860. The summed E-state index contributed by atoms with van der Waals surface area (Å²) >= 11 is 0. The second kappa shape index (κ2) is 7.25. The molecule has 4 heteroatoms. The molecule has 1 aromatic rings. The smallest absolute Gasteiger partial charge is 1.00 e. The standard InChI is InChI=1S/C11H13O2.BrH.Mg/c1-11(2,3)13-10(12)9-7-5-4-6-8-9;;/h5-8H,1-3H3;1H;/q-1;;+2/p-1. The number of ether oxygens (including phenoxy) is 1. The second-order valence-corrected chi connectivity index (χ2v) is 3.79. The summed E-state index contributed by atoms with van der Waals surface area (Å²) < 4.78 is 5.17. The van der Waals surface area contributed by atoms with Crippen molar-refractivity contribution in [3.63, 3.8) is 0 Å². The molecule has 0 aliphatic heterocycles. The van der Waals surface area contributed by atoms with Crippen molar-refractivity contribution < 1.29 is 26.5 Å². The molecule has 78 valence electrons. The van der Waals surface area contributed by atoms with Crippen LogP contribution < -0.4 is 17.0 Å². The van der Waals surface area contributed by atoms with Gasteiger partial charge < -0.3 is 21.7 Å². The SMILES string of the molecule is CC(C)(C)OC(=O)c1cc[c-]cc1.[Br-].[Mg+2]. The minimum atomic E-state index is -0.434.